The highest BCUT2D eigenvalue weighted by molar-refractivity contribution is 6.19. The van der Waals surface area contributed by atoms with Crippen molar-refractivity contribution in [2.45, 2.75) is 6.92 Å². The van der Waals surface area contributed by atoms with Crippen LogP contribution in [0.2, 0.25) is 0 Å². The van der Waals surface area contributed by atoms with Gasteiger partial charge in [0.25, 0.3) is 0 Å². The summed E-state index contributed by atoms with van der Waals surface area (Å²) in [6.07, 6.45) is 3.04. The van der Waals surface area contributed by atoms with Crippen molar-refractivity contribution in [2.75, 3.05) is 5.32 Å². The van der Waals surface area contributed by atoms with Gasteiger partial charge < -0.3 is 5.32 Å². The molecule has 2 aromatic carbocycles. The smallest absolute Gasteiger partial charge is 0.249 e. The van der Waals surface area contributed by atoms with Crippen LogP contribution >= 0.6 is 0 Å². The van der Waals surface area contributed by atoms with Gasteiger partial charge in [-0.15, -0.1) is 0 Å². The minimum Gasteiger partial charge on any atom is -0.325 e. The molecule has 0 bridgehead atoms. The fraction of sp³-hybridized carbons (Fsp3) is 0.100. The number of carbonyl (C=O) groups is 2. The SMILES string of the molecule is Cc1cccc(NC(=O)C(C#N)C(=O)c2cncc3ccccc23)c1. The van der Waals surface area contributed by atoms with Crippen LogP contribution in [-0.4, -0.2) is 16.7 Å². The number of benzene rings is 2. The van der Waals surface area contributed by atoms with Crippen molar-refractivity contribution < 1.29 is 9.59 Å². The predicted octanol–water partition coefficient (Wildman–Crippen LogP) is 3.50. The third-order valence-corrected chi connectivity index (χ3v) is 3.87. The Morgan fingerprint density at radius 1 is 1.12 bits per heavy atom. The molecule has 1 unspecified atom stereocenters. The van der Waals surface area contributed by atoms with E-state index in [4.69, 9.17) is 0 Å². The maximum atomic E-state index is 12.8. The van der Waals surface area contributed by atoms with Gasteiger partial charge in [0.05, 0.1) is 6.07 Å². The minimum absolute atomic E-state index is 0.268. The molecule has 1 aromatic heterocycles. The molecule has 0 aliphatic heterocycles. The number of amides is 1. The lowest BCUT2D eigenvalue weighted by molar-refractivity contribution is -0.117. The summed E-state index contributed by atoms with van der Waals surface area (Å²) >= 11 is 0. The van der Waals surface area contributed by atoms with Crippen molar-refractivity contribution in [3.63, 3.8) is 0 Å². The number of rotatable bonds is 4. The number of aromatic nitrogens is 1. The first-order chi connectivity index (χ1) is 12.1. The van der Waals surface area contributed by atoms with Gasteiger partial charge in [-0.25, -0.2) is 0 Å². The van der Waals surface area contributed by atoms with Crippen molar-refractivity contribution in [2.24, 2.45) is 5.92 Å². The van der Waals surface area contributed by atoms with Gasteiger partial charge in [-0.05, 0) is 30.0 Å². The highest BCUT2D eigenvalue weighted by atomic mass is 16.2. The molecule has 1 atom stereocenters. The second kappa shape index (κ2) is 6.93. The van der Waals surface area contributed by atoms with E-state index in [0.717, 1.165) is 10.9 Å². The Morgan fingerprint density at radius 2 is 1.92 bits per heavy atom. The molecule has 122 valence electrons. The van der Waals surface area contributed by atoms with Crippen LogP contribution in [0.3, 0.4) is 0 Å². The molecule has 3 rings (SSSR count). The van der Waals surface area contributed by atoms with Gasteiger partial charge in [0.15, 0.2) is 11.7 Å². The zero-order valence-corrected chi connectivity index (χ0v) is 13.6. The first-order valence-corrected chi connectivity index (χ1v) is 7.74. The van der Waals surface area contributed by atoms with Crippen LogP contribution in [0.1, 0.15) is 15.9 Å². The molecule has 3 aromatic rings. The normalized spacial score (nSPS) is 11.5. The average molecular weight is 329 g/mol. The van der Waals surface area contributed by atoms with Crippen LogP contribution in [0.25, 0.3) is 10.8 Å². The van der Waals surface area contributed by atoms with Crippen LogP contribution in [-0.2, 0) is 4.79 Å². The van der Waals surface area contributed by atoms with E-state index < -0.39 is 17.6 Å². The second-order valence-corrected chi connectivity index (χ2v) is 5.69. The van der Waals surface area contributed by atoms with Gasteiger partial charge in [0.1, 0.15) is 0 Å². The maximum Gasteiger partial charge on any atom is 0.249 e. The number of Topliss-reactive ketones (excluding diaryl/α,β-unsaturated/α-hetero) is 1. The first-order valence-electron chi connectivity index (χ1n) is 7.74. The van der Waals surface area contributed by atoms with E-state index >= 15 is 0 Å². The zero-order chi connectivity index (χ0) is 17.8. The van der Waals surface area contributed by atoms with Gasteiger partial charge in [-0.3, -0.25) is 14.6 Å². The molecule has 0 spiro atoms. The molecular weight excluding hydrogens is 314 g/mol. The van der Waals surface area contributed by atoms with Crippen molar-refractivity contribution in [1.82, 2.24) is 4.98 Å². The van der Waals surface area contributed by atoms with E-state index in [1.54, 1.807) is 36.5 Å². The number of nitrogens with one attached hydrogen (secondary N) is 1. The highest BCUT2D eigenvalue weighted by Gasteiger charge is 2.29. The number of hydrogen-bond donors (Lipinski definition) is 1. The van der Waals surface area contributed by atoms with E-state index in [1.165, 1.54) is 6.20 Å². The monoisotopic (exact) mass is 329 g/mol. The van der Waals surface area contributed by atoms with Gasteiger partial charge in [0.2, 0.25) is 5.91 Å². The van der Waals surface area contributed by atoms with Crippen LogP contribution in [0.4, 0.5) is 5.69 Å². The van der Waals surface area contributed by atoms with Crippen LogP contribution < -0.4 is 5.32 Å². The topological polar surface area (TPSA) is 82.9 Å². The standard InChI is InChI=1S/C20H15N3O2/c1-13-5-4-7-15(9-13)23-20(25)17(10-21)19(24)18-12-22-11-14-6-2-3-8-16(14)18/h2-9,11-12,17H,1H3,(H,23,25). The summed E-state index contributed by atoms with van der Waals surface area (Å²) in [5.41, 5.74) is 1.79. The Morgan fingerprint density at radius 3 is 2.68 bits per heavy atom. The number of carbonyl (C=O) groups excluding carboxylic acids is 2. The predicted molar refractivity (Wildman–Crippen MR) is 95.0 cm³/mol. The number of hydrogen-bond acceptors (Lipinski definition) is 4. The Kier molecular flexibility index (Phi) is 4.53. The number of nitrogens with zero attached hydrogens (tertiary/aromatic N) is 2. The third kappa shape index (κ3) is 3.38. The molecular formula is C20H15N3O2. The second-order valence-electron chi connectivity index (χ2n) is 5.69. The lowest BCUT2D eigenvalue weighted by Gasteiger charge is -2.11. The van der Waals surface area contributed by atoms with Crippen molar-refractivity contribution in [1.29, 1.82) is 5.26 Å². The molecule has 0 saturated heterocycles. The molecule has 0 fully saturated rings. The number of anilines is 1. The Labute approximate surface area is 144 Å². The Balaban J connectivity index is 1.91. The zero-order valence-electron chi connectivity index (χ0n) is 13.6. The van der Waals surface area contributed by atoms with Gasteiger partial charge in [-0.1, -0.05) is 36.4 Å². The third-order valence-electron chi connectivity index (χ3n) is 3.87. The fourth-order valence-electron chi connectivity index (χ4n) is 2.64. The number of fused-ring (bicyclic) bond motifs is 1. The van der Waals surface area contributed by atoms with Gasteiger partial charge in [0, 0.05) is 29.0 Å². The lowest BCUT2D eigenvalue weighted by atomic mass is 9.95. The molecule has 25 heavy (non-hydrogen) atoms. The summed E-state index contributed by atoms with van der Waals surface area (Å²) in [6, 6.07) is 16.2. The maximum absolute atomic E-state index is 12.8. The molecule has 1 amide bonds. The summed E-state index contributed by atoms with van der Waals surface area (Å²) in [5, 5.41) is 13.5. The molecule has 1 heterocycles. The van der Waals surface area contributed by atoms with Crippen LogP contribution in [0.5, 0.6) is 0 Å². The molecule has 0 saturated carbocycles. The number of pyridine rings is 1. The molecule has 0 aliphatic carbocycles. The first kappa shape index (κ1) is 16.3. The molecule has 5 nitrogen and oxygen atoms in total. The Hall–Kier alpha value is -3.52. The average Bonchev–Trinajstić information content (AvgIpc) is 2.61. The van der Waals surface area contributed by atoms with Crippen LogP contribution in [0, 0.1) is 24.2 Å². The lowest BCUT2D eigenvalue weighted by Crippen LogP contribution is -2.29. The van der Waals surface area contributed by atoms with Crippen molar-refractivity contribution in [3.05, 3.63) is 72.1 Å². The van der Waals surface area contributed by atoms with E-state index in [2.05, 4.69) is 10.3 Å². The van der Waals surface area contributed by atoms with Gasteiger partial charge >= 0.3 is 0 Å². The summed E-state index contributed by atoms with van der Waals surface area (Å²) in [7, 11) is 0. The summed E-state index contributed by atoms with van der Waals surface area (Å²) < 4.78 is 0. The molecule has 1 N–H and O–H groups in total. The largest absolute Gasteiger partial charge is 0.325 e. The summed E-state index contributed by atoms with van der Waals surface area (Å²) in [4.78, 5) is 29.2. The molecule has 0 aliphatic rings. The number of ketones is 1. The van der Waals surface area contributed by atoms with E-state index in [0.29, 0.717) is 11.1 Å². The number of nitriles is 1. The molecule has 0 radical (unpaired) electrons. The highest BCUT2D eigenvalue weighted by Crippen LogP contribution is 2.21. The number of aryl methyl sites for hydroxylation is 1. The quantitative estimate of drug-likeness (QED) is 0.586. The van der Waals surface area contributed by atoms with E-state index in [1.807, 2.05) is 31.2 Å². The van der Waals surface area contributed by atoms with Crippen molar-refractivity contribution >= 4 is 28.2 Å². The van der Waals surface area contributed by atoms with Crippen molar-refractivity contribution in [3.8, 4) is 6.07 Å². The van der Waals surface area contributed by atoms with E-state index in [9.17, 15) is 14.9 Å². The van der Waals surface area contributed by atoms with Crippen LogP contribution in [0.15, 0.2) is 60.9 Å². The van der Waals surface area contributed by atoms with E-state index in [-0.39, 0.29) is 5.56 Å². The van der Waals surface area contributed by atoms with Gasteiger partial charge in [-0.2, -0.15) is 5.26 Å². The summed E-state index contributed by atoms with van der Waals surface area (Å²) in [5.74, 6) is -2.64. The fourth-order valence-corrected chi connectivity index (χ4v) is 2.64. The minimum atomic E-state index is -1.44. The Bertz CT molecular complexity index is 1000. The molecule has 5 heteroatoms. The summed E-state index contributed by atoms with van der Waals surface area (Å²) in [6.45, 7) is 1.89.